The molecule has 1 aliphatic heterocycles. The molecule has 0 aliphatic carbocycles. The van der Waals surface area contributed by atoms with E-state index in [0.717, 1.165) is 34.1 Å². The van der Waals surface area contributed by atoms with Crippen molar-refractivity contribution in [3.8, 4) is 0 Å². The van der Waals surface area contributed by atoms with Gasteiger partial charge in [0.25, 0.3) is 0 Å². The number of benzene rings is 1. The number of furan rings is 1. The molecule has 4 heterocycles. The number of anilines is 1. The maximum Gasteiger partial charge on any atom is 0.226 e. The normalized spacial score (nSPS) is 17.3. The number of amides is 1. The van der Waals surface area contributed by atoms with Crippen molar-refractivity contribution in [3.63, 3.8) is 0 Å². The SMILES string of the molecule is Cc1cc([C@@H]2[C@@H](c3ccccn3)NC(=S)N2CCC(=O)Nc2ccccc2)c(C)n1Cc1ccco1. The van der Waals surface area contributed by atoms with Gasteiger partial charge in [-0.1, -0.05) is 24.3 Å². The molecule has 36 heavy (non-hydrogen) atoms. The Bertz CT molecular complexity index is 1340. The topological polar surface area (TPSA) is 75.3 Å². The van der Waals surface area contributed by atoms with E-state index in [-0.39, 0.29) is 18.0 Å². The van der Waals surface area contributed by atoms with E-state index in [9.17, 15) is 4.79 Å². The van der Waals surface area contributed by atoms with Crippen LogP contribution < -0.4 is 10.6 Å². The Balaban J connectivity index is 1.43. The van der Waals surface area contributed by atoms with Crippen LogP contribution in [0.3, 0.4) is 0 Å². The number of nitrogens with zero attached hydrogens (tertiary/aromatic N) is 3. The van der Waals surface area contributed by atoms with E-state index in [0.29, 0.717) is 24.6 Å². The van der Waals surface area contributed by atoms with Crippen molar-refractivity contribution in [1.29, 1.82) is 0 Å². The largest absolute Gasteiger partial charge is 0.467 e. The molecule has 1 amide bonds. The van der Waals surface area contributed by atoms with Crippen molar-refractivity contribution in [2.24, 2.45) is 0 Å². The predicted molar refractivity (Wildman–Crippen MR) is 144 cm³/mol. The van der Waals surface area contributed by atoms with Gasteiger partial charge < -0.3 is 24.5 Å². The molecule has 184 valence electrons. The number of hydrogen-bond donors (Lipinski definition) is 2. The molecule has 4 aromatic rings. The fraction of sp³-hybridized carbons (Fsp3) is 0.250. The minimum absolute atomic E-state index is 0.0488. The average molecular weight is 500 g/mol. The second kappa shape index (κ2) is 10.4. The van der Waals surface area contributed by atoms with E-state index >= 15 is 0 Å². The molecule has 0 bridgehead atoms. The summed E-state index contributed by atoms with van der Waals surface area (Å²) in [5.41, 5.74) is 5.13. The van der Waals surface area contributed by atoms with Gasteiger partial charge in [-0.2, -0.15) is 0 Å². The average Bonchev–Trinajstić information content (AvgIpc) is 3.59. The highest BCUT2D eigenvalue weighted by Gasteiger charge is 2.41. The van der Waals surface area contributed by atoms with Gasteiger partial charge in [0.15, 0.2) is 5.11 Å². The number of carbonyl (C=O) groups is 1. The summed E-state index contributed by atoms with van der Waals surface area (Å²) < 4.78 is 7.86. The summed E-state index contributed by atoms with van der Waals surface area (Å²) in [6.07, 6.45) is 3.81. The zero-order valence-corrected chi connectivity index (χ0v) is 21.2. The van der Waals surface area contributed by atoms with Gasteiger partial charge in [-0.25, -0.2) is 0 Å². The number of pyridine rings is 1. The highest BCUT2D eigenvalue weighted by Crippen LogP contribution is 2.41. The van der Waals surface area contributed by atoms with Crippen LogP contribution in [0.1, 0.15) is 46.9 Å². The van der Waals surface area contributed by atoms with E-state index in [2.05, 4.69) is 45.0 Å². The Morgan fingerprint density at radius 1 is 1.11 bits per heavy atom. The minimum Gasteiger partial charge on any atom is -0.467 e. The summed E-state index contributed by atoms with van der Waals surface area (Å²) in [4.78, 5) is 19.5. The standard InChI is InChI=1S/C28H29N5O2S/c1-19-17-23(20(2)33(19)18-22-11-8-16-35-22)27-26(24-12-6-7-14-29-24)31-28(36)32(27)15-13-25(34)30-21-9-4-3-5-10-21/h3-12,14,16-17,26-27H,13,15,18H2,1-2H3,(H,30,34)(H,31,36)/t26-,27-/m1/s1. The zero-order chi connectivity index (χ0) is 25.1. The molecule has 8 heteroatoms. The van der Waals surface area contributed by atoms with Gasteiger partial charge in [0.2, 0.25) is 5.91 Å². The number of carbonyl (C=O) groups excluding carboxylic acids is 1. The third-order valence-corrected chi connectivity index (χ3v) is 7.01. The van der Waals surface area contributed by atoms with Crippen LogP contribution in [0.25, 0.3) is 0 Å². The molecule has 7 nitrogen and oxygen atoms in total. The third-order valence-electron chi connectivity index (χ3n) is 6.66. The molecule has 5 rings (SSSR count). The van der Waals surface area contributed by atoms with Crippen molar-refractivity contribution < 1.29 is 9.21 Å². The number of para-hydroxylation sites is 1. The molecule has 0 spiro atoms. The van der Waals surface area contributed by atoms with E-state index in [1.807, 2.05) is 60.7 Å². The van der Waals surface area contributed by atoms with E-state index in [1.54, 1.807) is 12.5 Å². The van der Waals surface area contributed by atoms with Crippen LogP contribution in [0.2, 0.25) is 0 Å². The van der Waals surface area contributed by atoms with Gasteiger partial charge in [-0.15, -0.1) is 0 Å². The van der Waals surface area contributed by atoms with Gasteiger partial charge in [0, 0.05) is 36.2 Å². The van der Waals surface area contributed by atoms with Crippen LogP contribution in [-0.2, 0) is 11.3 Å². The van der Waals surface area contributed by atoms with Crippen LogP contribution in [0, 0.1) is 13.8 Å². The summed E-state index contributed by atoms with van der Waals surface area (Å²) in [7, 11) is 0. The lowest BCUT2D eigenvalue weighted by Crippen LogP contribution is -2.32. The quantitative estimate of drug-likeness (QED) is 0.327. The van der Waals surface area contributed by atoms with Gasteiger partial charge in [-0.3, -0.25) is 9.78 Å². The molecule has 0 radical (unpaired) electrons. The lowest BCUT2D eigenvalue weighted by atomic mass is 9.96. The Kier molecular flexibility index (Phi) is 6.86. The molecule has 0 saturated carbocycles. The van der Waals surface area contributed by atoms with Crippen LogP contribution in [0.4, 0.5) is 5.69 Å². The van der Waals surface area contributed by atoms with Crippen LogP contribution in [0.15, 0.2) is 83.6 Å². The van der Waals surface area contributed by atoms with Gasteiger partial charge in [0.1, 0.15) is 5.76 Å². The van der Waals surface area contributed by atoms with E-state index < -0.39 is 0 Å². The number of rotatable bonds is 8. The van der Waals surface area contributed by atoms with E-state index in [1.165, 1.54) is 0 Å². The maximum atomic E-state index is 12.7. The molecule has 1 aliphatic rings. The number of aryl methyl sites for hydroxylation is 1. The lowest BCUT2D eigenvalue weighted by molar-refractivity contribution is -0.116. The highest BCUT2D eigenvalue weighted by atomic mass is 32.1. The van der Waals surface area contributed by atoms with Crippen molar-refractivity contribution in [3.05, 3.63) is 108 Å². The second-order valence-corrected chi connectivity index (χ2v) is 9.36. The summed E-state index contributed by atoms with van der Waals surface area (Å²) in [6, 6.07) is 21.3. The molecular formula is C28H29N5O2S. The summed E-state index contributed by atoms with van der Waals surface area (Å²) in [5.74, 6) is 0.853. The van der Waals surface area contributed by atoms with Crippen LogP contribution in [0.5, 0.6) is 0 Å². The monoisotopic (exact) mass is 499 g/mol. The molecular weight excluding hydrogens is 470 g/mol. The fourth-order valence-electron chi connectivity index (χ4n) is 4.88. The van der Waals surface area contributed by atoms with Gasteiger partial charge in [-0.05, 0) is 74.1 Å². The van der Waals surface area contributed by atoms with Crippen molar-refractivity contribution in [2.45, 2.75) is 38.9 Å². The number of thiocarbonyl (C=S) groups is 1. The van der Waals surface area contributed by atoms with E-state index in [4.69, 9.17) is 16.6 Å². The smallest absolute Gasteiger partial charge is 0.226 e. The molecule has 0 unspecified atom stereocenters. The summed E-state index contributed by atoms with van der Waals surface area (Å²) in [5, 5.41) is 7.07. The Morgan fingerprint density at radius 2 is 1.92 bits per heavy atom. The number of aromatic nitrogens is 2. The number of nitrogens with one attached hydrogen (secondary N) is 2. The van der Waals surface area contributed by atoms with Crippen molar-refractivity contribution in [1.82, 2.24) is 19.8 Å². The maximum absolute atomic E-state index is 12.7. The molecule has 3 aromatic heterocycles. The van der Waals surface area contributed by atoms with Gasteiger partial charge in [0.05, 0.1) is 30.6 Å². The van der Waals surface area contributed by atoms with Crippen molar-refractivity contribution in [2.75, 3.05) is 11.9 Å². The lowest BCUT2D eigenvalue weighted by Gasteiger charge is -2.28. The molecule has 2 atom stereocenters. The number of hydrogen-bond acceptors (Lipinski definition) is 4. The predicted octanol–water partition coefficient (Wildman–Crippen LogP) is 5.14. The molecule has 1 aromatic carbocycles. The molecule has 2 N–H and O–H groups in total. The van der Waals surface area contributed by atoms with Crippen molar-refractivity contribution >= 4 is 28.9 Å². The third kappa shape index (κ3) is 4.90. The first-order chi connectivity index (χ1) is 17.5. The van der Waals surface area contributed by atoms with Crippen LogP contribution in [-0.4, -0.2) is 32.0 Å². The minimum atomic E-state index is -0.131. The summed E-state index contributed by atoms with van der Waals surface area (Å²) in [6.45, 7) is 5.37. The Labute approximate surface area is 216 Å². The first kappa shape index (κ1) is 23.8. The van der Waals surface area contributed by atoms with Crippen LogP contribution >= 0.6 is 12.2 Å². The first-order valence-electron chi connectivity index (χ1n) is 12.0. The Hall–Kier alpha value is -3.91. The highest BCUT2D eigenvalue weighted by molar-refractivity contribution is 7.80. The van der Waals surface area contributed by atoms with Gasteiger partial charge >= 0.3 is 0 Å². The fourth-order valence-corrected chi connectivity index (χ4v) is 5.21. The summed E-state index contributed by atoms with van der Waals surface area (Å²) >= 11 is 5.79. The molecule has 1 fully saturated rings. The molecule has 1 saturated heterocycles. The Morgan fingerprint density at radius 3 is 2.64 bits per heavy atom. The second-order valence-electron chi connectivity index (χ2n) is 8.98. The first-order valence-corrected chi connectivity index (χ1v) is 12.4. The zero-order valence-electron chi connectivity index (χ0n) is 20.3.